The van der Waals surface area contributed by atoms with E-state index in [4.69, 9.17) is 9.47 Å². The van der Waals surface area contributed by atoms with E-state index >= 15 is 0 Å². The normalized spacial score (nSPS) is 14.2. The van der Waals surface area contributed by atoms with Crippen LogP contribution in [0.15, 0.2) is 54.9 Å². The van der Waals surface area contributed by atoms with Crippen molar-refractivity contribution in [2.75, 3.05) is 38.3 Å². The minimum Gasteiger partial charge on any atom is -0.489 e. The summed E-state index contributed by atoms with van der Waals surface area (Å²) >= 11 is 0. The van der Waals surface area contributed by atoms with E-state index in [-0.39, 0.29) is 19.1 Å². The predicted octanol–water partition coefficient (Wildman–Crippen LogP) is 2.03. The molecule has 0 radical (unpaired) electrons. The molecule has 1 atom stereocenters. The van der Waals surface area contributed by atoms with Crippen molar-refractivity contribution in [3.8, 4) is 11.5 Å². The Hall–Kier alpha value is -3.19. The molecule has 7 heteroatoms. The van der Waals surface area contributed by atoms with Crippen LogP contribution in [0.25, 0.3) is 10.8 Å². The summed E-state index contributed by atoms with van der Waals surface area (Å²) in [5.41, 5.74) is 0.853. The van der Waals surface area contributed by atoms with Crippen molar-refractivity contribution in [2.24, 2.45) is 0 Å². The molecule has 1 amide bonds. The number of amides is 1. The van der Waals surface area contributed by atoms with E-state index in [1.165, 1.54) is 0 Å². The number of benzene rings is 2. The van der Waals surface area contributed by atoms with Gasteiger partial charge in [0.15, 0.2) is 6.61 Å². The van der Waals surface area contributed by atoms with Crippen molar-refractivity contribution in [1.29, 1.82) is 0 Å². The van der Waals surface area contributed by atoms with Crippen LogP contribution in [-0.4, -0.2) is 55.0 Å². The van der Waals surface area contributed by atoms with Gasteiger partial charge >= 0.3 is 0 Å². The van der Waals surface area contributed by atoms with Crippen molar-refractivity contribution in [2.45, 2.75) is 12.6 Å². The van der Waals surface area contributed by atoms with Crippen molar-refractivity contribution >= 4 is 22.4 Å². The molecule has 29 heavy (non-hydrogen) atoms. The molecule has 0 saturated carbocycles. The third-order valence-corrected chi connectivity index (χ3v) is 4.95. The first-order valence-electron chi connectivity index (χ1n) is 9.69. The number of likely N-dealkylation sites (N-methyl/N-ethyl adjacent to an activating group) is 1. The Balaban J connectivity index is 1.27. The Bertz CT molecular complexity index is 968. The second-order valence-corrected chi connectivity index (χ2v) is 7.20. The fourth-order valence-corrected chi connectivity index (χ4v) is 3.50. The van der Waals surface area contributed by atoms with Crippen LogP contribution in [0.5, 0.6) is 11.5 Å². The third-order valence-electron chi connectivity index (χ3n) is 4.95. The molecule has 7 nitrogen and oxygen atoms in total. The van der Waals surface area contributed by atoms with Gasteiger partial charge in [-0.1, -0.05) is 30.3 Å². The molecule has 2 heterocycles. The van der Waals surface area contributed by atoms with Gasteiger partial charge in [-0.3, -0.25) is 4.79 Å². The van der Waals surface area contributed by atoms with Crippen LogP contribution in [0.2, 0.25) is 0 Å². The number of aromatic nitrogens is 1. The standard InChI is InChI=1S/C22H25N3O4/c1-24-9-10-28-19-7-4-8-20(22(19)24)29-15-21(27)23-11-18(26)14-25-12-16-5-2-3-6-17(16)13-25/h2-8,12-13,18,26H,9-11,14-15H2,1H3,(H,23,27). The molecule has 4 rings (SSSR count). The first kappa shape index (κ1) is 19.1. The van der Waals surface area contributed by atoms with Crippen molar-refractivity contribution < 1.29 is 19.4 Å². The van der Waals surface area contributed by atoms with E-state index < -0.39 is 6.10 Å². The third kappa shape index (κ3) is 4.46. The molecule has 2 aromatic carbocycles. The molecular weight excluding hydrogens is 370 g/mol. The van der Waals surface area contributed by atoms with Crippen molar-refractivity contribution in [3.63, 3.8) is 0 Å². The molecule has 0 spiro atoms. The molecule has 1 unspecified atom stereocenters. The maximum atomic E-state index is 12.2. The lowest BCUT2D eigenvalue weighted by atomic mass is 10.2. The summed E-state index contributed by atoms with van der Waals surface area (Å²) < 4.78 is 13.3. The van der Waals surface area contributed by atoms with E-state index in [0.29, 0.717) is 18.9 Å². The molecule has 0 bridgehead atoms. The number of carbonyl (C=O) groups excluding carboxylic acids is 1. The fourth-order valence-electron chi connectivity index (χ4n) is 3.50. The average Bonchev–Trinajstić information content (AvgIpc) is 3.13. The smallest absolute Gasteiger partial charge is 0.258 e. The maximum absolute atomic E-state index is 12.2. The Labute approximate surface area is 169 Å². The summed E-state index contributed by atoms with van der Waals surface area (Å²) in [4.78, 5) is 14.2. The molecule has 0 aliphatic carbocycles. The number of ether oxygens (including phenoxy) is 2. The zero-order valence-corrected chi connectivity index (χ0v) is 16.4. The number of nitrogens with one attached hydrogen (secondary N) is 1. The fraction of sp³-hybridized carbons (Fsp3) is 0.318. The van der Waals surface area contributed by atoms with Crippen molar-refractivity contribution in [3.05, 3.63) is 54.9 Å². The molecule has 1 aliphatic rings. The Kier molecular flexibility index (Phi) is 5.57. The summed E-state index contributed by atoms with van der Waals surface area (Å²) in [5.74, 6) is 1.09. The highest BCUT2D eigenvalue weighted by molar-refractivity contribution is 5.82. The summed E-state index contributed by atoms with van der Waals surface area (Å²) in [5, 5.41) is 15.2. The van der Waals surface area contributed by atoms with Gasteiger partial charge in [0.25, 0.3) is 5.91 Å². The zero-order valence-electron chi connectivity index (χ0n) is 16.4. The first-order chi connectivity index (χ1) is 14.1. The lowest BCUT2D eigenvalue weighted by molar-refractivity contribution is -0.123. The number of hydrogen-bond acceptors (Lipinski definition) is 5. The van der Waals surface area contributed by atoms with Gasteiger partial charge < -0.3 is 29.4 Å². The highest BCUT2D eigenvalue weighted by Crippen LogP contribution is 2.39. The average molecular weight is 395 g/mol. The van der Waals surface area contributed by atoms with Crippen LogP contribution in [0.1, 0.15) is 0 Å². The highest BCUT2D eigenvalue weighted by Gasteiger charge is 2.20. The lowest BCUT2D eigenvalue weighted by Gasteiger charge is -2.29. The summed E-state index contributed by atoms with van der Waals surface area (Å²) in [7, 11) is 1.97. The molecular formula is C22H25N3O4. The second kappa shape index (κ2) is 8.45. The number of rotatable bonds is 7. The van der Waals surface area contributed by atoms with E-state index in [0.717, 1.165) is 28.8 Å². The largest absolute Gasteiger partial charge is 0.489 e. The van der Waals surface area contributed by atoms with Gasteiger partial charge in [-0.2, -0.15) is 0 Å². The van der Waals surface area contributed by atoms with Gasteiger partial charge in [-0.05, 0) is 22.9 Å². The van der Waals surface area contributed by atoms with Gasteiger partial charge in [0.1, 0.15) is 23.8 Å². The summed E-state index contributed by atoms with van der Waals surface area (Å²) in [6.07, 6.45) is 3.28. The van der Waals surface area contributed by atoms with Gasteiger partial charge in [0.2, 0.25) is 0 Å². The minimum absolute atomic E-state index is 0.121. The number of carbonyl (C=O) groups is 1. The number of fused-ring (bicyclic) bond motifs is 2. The number of aliphatic hydroxyl groups is 1. The molecule has 0 fully saturated rings. The number of para-hydroxylation sites is 1. The predicted molar refractivity (Wildman–Crippen MR) is 112 cm³/mol. The SMILES string of the molecule is CN1CCOc2cccc(OCC(=O)NCC(O)Cn3cc4ccccc4c3)c21. The van der Waals surface area contributed by atoms with E-state index in [2.05, 4.69) is 10.2 Å². The maximum Gasteiger partial charge on any atom is 0.258 e. The Morgan fingerprint density at radius 2 is 1.97 bits per heavy atom. The van der Waals surface area contributed by atoms with Crippen LogP contribution in [0.3, 0.4) is 0 Å². The van der Waals surface area contributed by atoms with Gasteiger partial charge in [-0.25, -0.2) is 0 Å². The molecule has 0 saturated heterocycles. The summed E-state index contributed by atoms with van der Waals surface area (Å²) in [6, 6.07) is 13.6. The molecule has 152 valence electrons. The first-order valence-corrected chi connectivity index (χ1v) is 9.69. The molecule has 3 aromatic rings. The zero-order chi connectivity index (χ0) is 20.2. The van der Waals surface area contributed by atoms with Crippen LogP contribution in [0, 0.1) is 0 Å². The van der Waals surface area contributed by atoms with E-state index in [1.807, 2.05) is 66.5 Å². The topological polar surface area (TPSA) is 76.0 Å². The number of aliphatic hydroxyl groups excluding tert-OH is 1. The monoisotopic (exact) mass is 395 g/mol. The Morgan fingerprint density at radius 1 is 1.21 bits per heavy atom. The van der Waals surface area contributed by atoms with E-state index in [1.54, 1.807) is 0 Å². The minimum atomic E-state index is -0.690. The van der Waals surface area contributed by atoms with E-state index in [9.17, 15) is 9.90 Å². The highest BCUT2D eigenvalue weighted by atomic mass is 16.5. The van der Waals surface area contributed by atoms with Gasteiger partial charge in [0, 0.05) is 32.5 Å². The lowest BCUT2D eigenvalue weighted by Crippen LogP contribution is -2.37. The van der Waals surface area contributed by atoms with Crippen LogP contribution < -0.4 is 19.7 Å². The molecule has 1 aromatic heterocycles. The quantitative estimate of drug-likeness (QED) is 0.640. The van der Waals surface area contributed by atoms with Crippen molar-refractivity contribution in [1.82, 2.24) is 9.88 Å². The number of anilines is 1. The second-order valence-electron chi connectivity index (χ2n) is 7.20. The van der Waals surface area contributed by atoms with Gasteiger partial charge in [0.05, 0.1) is 12.6 Å². The number of nitrogens with zero attached hydrogens (tertiary/aromatic N) is 2. The number of hydrogen-bond donors (Lipinski definition) is 2. The van der Waals surface area contributed by atoms with Crippen LogP contribution in [0.4, 0.5) is 5.69 Å². The molecule has 2 N–H and O–H groups in total. The van der Waals surface area contributed by atoms with Crippen LogP contribution >= 0.6 is 0 Å². The molecule has 1 aliphatic heterocycles. The van der Waals surface area contributed by atoms with Gasteiger partial charge in [-0.15, -0.1) is 0 Å². The van der Waals surface area contributed by atoms with Crippen LogP contribution in [-0.2, 0) is 11.3 Å². The Morgan fingerprint density at radius 3 is 2.72 bits per heavy atom. The summed E-state index contributed by atoms with van der Waals surface area (Å²) in [6.45, 7) is 1.84.